The Bertz CT molecular complexity index is 946. The lowest BCUT2D eigenvalue weighted by Gasteiger charge is -2.08. The van der Waals surface area contributed by atoms with Crippen LogP contribution in [0, 0.1) is 27.7 Å². The van der Waals surface area contributed by atoms with Crippen LogP contribution < -0.4 is 4.72 Å². The van der Waals surface area contributed by atoms with Gasteiger partial charge in [-0.25, -0.2) is 8.42 Å². The monoisotopic (exact) mass is 347 g/mol. The van der Waals surface area contributed by atoms with Crippen molar-refractivity contribution in [3.8, 4) is 11.1 Å². The first-order chi connectivity index (χ1) is 11.3. The molecule has 0 aliphatic heterocycles. The van der Waals surface area contributed by atoms with Crippen LogP contribution in [0.4, 0.5) is 5.69 Å². The first kappa shape index (κ1) is 16.3. The van der Waals surface area contributed by atoms with E-state index in [1.54, 1.807) is 26.0 Å². The summed E-state index contributed by atoms with van der Waals surface area (Å²) in [4.78, 5) is 0.0669. The minimum Gasteiger partial charge on any atom is -0.361 e. The number of hydrogen-bond acceptors (Lipinski definition) is 6. The molecule has 0 saturated carbocycles. The molecule has 0 unspecified atom stereocenters. The van der Waals surface area contributed by atoms with Crippen LogP contribution in [-0.2, 0) is 10.0 Å². The van der Waals surface area contributed by atoms with E-state index >= 15 is 0 Å². The minimum absolute atomic E-state index is 0.0669. The molecule has 0 spiro atoms. The number of aryl methyl sites for hydroxylation is 4. The Labute approximate surface area is 139 Å². The molecule has 8 heteroatoms. The fourth-order valence-corrected chi connectivity index (χ4v) is 4.05. The lowest BCUT2D eigenvalue weighted by molar-refractivity contribution is 0.390. The third-order valence-electron chi connectivity index (χ3n) is 3.70. The average molecular weight is 347 g/mol. The Morgan fingerprint density at radius 1 is 0.875 bits per heavy atom. The summed E-state index contributed by atoms with van der Waals surface area (Å²) < 4.78 is 37.6. The van der Waals surface area contributed by atoms with Gasteiger partial charge in [-0.15, -0.1) is 0 Å². The molecule has 7 nitrogen and oxygen atoms in total. The number of nitrogens with one attached hydrogen (secondary N) is 1. The number of hydrogen-bond donors (Lipinski definition) is 1. The first-order valence-electron chi connectivity index (χ1n) is 7.28. The maximum atomic E-state index is 12.5. The van der Waals surface area contributed by atoms with Crippen LogP contribution >= 0.6 is 0 Å². The Kier molecular flexibility index (Phi) is 3.92. The van der Waals surface area contributed by atoms with Crippen LogP contribution in [0.5, 0.6) is 0 Å². The number of benzene rings is 1. The summed E-state index contributed by atoms with van der Waals surface area (Å²) in [7, 11) is -3.75. The Morgan fingerprint density at radius 2 is 1.46 bits per heavy atom. The van der Waals surface area contributed by atoms with Gasteiger partial charge >= 0.3 is 0 Å². The van der Waals surface area contributed by atoms with Crippen molar-refractivity contribution in [3.05, 3.63) is 47.2 Å². The molecule has 0 radical (unpaired) electrons. The highest BCUT2D eigenvalue weighted by atomic mass is 32.2. The van der Waals surface area contributed by atoms with Gasteiger partial charge in [0.1, 0.15) is 11.5 Å². The van der Waals surface area contributed by atoms with Gasteiger partial charge in [0.25, 0.3) is 10.0 Å². The van der Waals surface area contributed by atoms with Crippen LogP contribution in [0.3, 0.4) is 0 Å². The second-order valence-electron chi connectivity index (χ2n) is 5.54. The van der Waals surface area contributed by atoms with Crippen LogP contribution in [-0.4, -0.2) is 18.7 Å². The van der Waals surface area contributed by atoms with Crippen molar-refractivity contribution >= 4 is 15.7 Å². The normalized spacial score (nSPS) is 11.7. The highest BCUT2D eigenvalue weighted by molar-refractivity contribution is 7.92. The summed E-state index contributed by atoms with van der Waals surface area (Å²) >= 11 is 0. The number of aromatic nitrogens is 2. The van der Waals surface area contributed by atoms with Gasteiger partial charge in [-0.1, -0.05) is 22.4 Å². The topological polar surface area (TPSA) is 98.2 Å². The molecule has 3 aromatic rings. The first-order valence-corrected chi connectivity index (χ1v) is 8.77. The van der Waals surface area contributed by atoms with Gasteiger partial charge in [-0.3, -0.25) is 4.72 Å². The lowest BCUT2D eigenvalue weighted by Crippen LogP contribution is -2.14. The molecular formula is C16H17N3O4S. The molecule has 0 aliphatic carbocycles. The summed E-state index contributed by atoms with van der Waals surface area (Å²) in [6, 6.07) is 7.02. The minimum atomic E-state index is -3.75. The van der Waals surface area contributed by atoms with Crippen LogP contribution in [0.2, 0.25) is 0 Å². The van der Waals surface area contributed by atoms with Gasteiger partial charge in [-0.05, 0) is 45.4 Å². The molecule has 126 valence electrons. The van der Waals surface area contributed by atoms with Crippen molar-refractivity contribution in [1.82, 2.24) is 10.3 Å². The van der Waals surface area contributed by atoms with E-state index in [-0.39, 0.29) is 10.7 Å². The number of rotatable bonds is 4. The van der Waals surface area contributed by atoms with Crippen molar-refractivity contribution in [3.63, 3.8) is 0 Å². The van der Waals surface area contributed by atoms with E-state index < -0.39 is 10.0 Å². The van der Waals surface area contributed by atoms with E-state index in [0.29, 0.717) is 11.4 Å². The maximum Gasteiger partial charge on any atom is 0.267 e. The standard InChI is InChI=1S/C16H17N3O4S/c1-9-15(11(3)22-17-9)13-5-7-14(8-6-13)19-24(20,21)16-10(2)18-23-12(16)4/h5-8,19H,1-4H3. The van der Waals surface area contributed by atoms with Crippen molar-refractivity contribution in [2.45, 2.75) is 32.6 Å². The molecule has 0 fully saturated rings. The number of anilines is 1. The van der Waals surface area contributed by atoms with E-state index in [4.69, 9.17) is 9.05 Å². The lowest BCUT2D eigenvalue weighted by atomic mass is 10.0. The molecule has 2 heterocycles. The third-order valence-corrected chi connectivity index (χ3v) is 5.32. The largest absolute Gasteiger partial charge is 0.361 e. The molecule has 1 aromatic carbocycles. The molecule has 0 bridgehead atoms. The number of sulfonamides is 1. The van der Waals surface area contributed by atoms with Gasteiger partial charge in [0, 0.05) is 11.3 Å². The van der Waals surface area contributed by atoms with Crippen molar-refractivity contribution in [2.24, 2.45) is 0 Å². The second kappa shape index (κ2) is 5.79. The SMILES string of the molecule is Cc1noc(C)c1-c1ccc(NS(=O)(=O)c2c(C)noc2C)cc1. The summed E-state index contributed by atoms with van der Waals surface area (Å²) in [6.45, 7) is 6.85. The molecule has 3 rings (SSSR count). The highest BCUT2D eigenvalue weighted by Crippen LogP contribution is 2.29. The van der Waals surface area contributed by atoms with Crippen LogP contribution in [0.15, 0.2) is 38.2 Å². The fraction of sp³-hybridized carbons (Fsp3) is 0.250. The molecule has 1 N–H and O–H groups in total. The zero-order chi connectivity index (χ0) is 17.5. The van der Waals surface area contributed by atoms with Gasteiger partial charge in [-0.2, -0.15) is 0 Å². The smallest absolute Gasteiger partial charge is 0.267 e. The maximum absolute atomic E-state index is 12.5. The molecular weight excluding hydrogens is 330 g/mol. The average Bonchev–Trinajstić information content (AvgIpc) is 3.02. The van der Waals surface area contributed by atoms with Crippen molar-refractivity contribution < 1.29 is 17.5 Å². The van der Waals surface area contributed by atoms with Gasteiger partial charge in [0.2, 0.25) is 0 Å². The van der Waals surface area contributed by atoms with E-state index in [2.05, 4.69) is 15.0 Å². The van der Waals surface area contributed by atoms with Crippen molar-refractivity contribution in [2.75, 3.05) is 4.72 Å². The quantitative estimate of drug-likeness (QED) is 0.777. The summed E-state index contributed by atoms with van der Waals surface area (Å²) in [5.74, 6) is 0.976. The molecule has 0 atom stereocenters. The van der Waals surface area contributed by atoms with E-state index in [9.17, 15) is 8.42 Å². The molecule has 24 heavy (non-hydrogen) atoms. The Morgan fingerprint density at radius 3 is 1.96 bits per heavy atom. The van der Waals surface area contributed by atoms with Gasteiger partial charge in [0.15, 0.2) is 10.7 Å². The summed E-state index contributed by atoms with van der Waals surface area (Å²) in [5.41, 5.74) is 3.39. The van der Waals surface area contributed by atoms with Gasteiger partial charge < -0.3 is 9.05 Å². The third kappa shape index (κ3) is 2.80. The predicted octanol–water partition coefficient (Wildman–Crippen LogP) is 3.36. The van der Waals surface area contributed by atoms with E-state index in [1.165, 1.54) is 0 Å². The second-order valence-corrected chi connectivity index (χ2v) is 7.15. The molecule has 0 saturated heterocycles. The fourth-order valence-electron chi connectivity index (χ4n) is 2.66. The Balaban J connectivity index is 1.90. The van der Waals surface area contributed by atoms with E-state index in [1.807, 2.05) is 26.0 Å². The number of nitrogens with zero attached hydrogens (tertiary/aromatic N) is 2. The predicted molar refractivity (Wildman–Crippen MR) is 88.2 cm³/mol. The zero-order valence-corrected chi connectivity index (χ0v) is 14.6. The highest BCUT2D eigenvalue weighted by Gasteiger charge is 2.24. The molecule has 0 amide bonds. The van der Waals surface area contributed by atoms with Crippen LogP contribution in [0.1, 0.15) is 22.9 Å². The van der Waals surface area contributed by atoms with E-state index in [0.717, 1.165) is 22.6 Å². The summed E-state index contributed by atoms with van der Waals surface area (Å²) in [6.07, 6.45) is 0. The molecule has 2 aromatic heterocycles. The van der Waals surface area contributed by atoms with Crippen LogP contribution in [0.25, 0.3) is 11.1 Å². The Hall–Kier alpha value is -2.61. The van der Waals surface area contributed by atoms with Crippen molar-refractivity contribution in [1.29, 1.82) is 0 Å². The zero-order valence-electron chi connectivity index (χ0n) is 13.7. The summed E-state index contributed by atoms with van der Waals surface area (Å²) in [5, 5.41) is 7.60. The van der Waals surface area contributed by atoms with Gasteiger partial charge in [0.05, 0.1) is 5.69 Å². The molecule has 0 aliphatic rings.